The molecule has 0 atom stereocenters. The van der Waals surface area contributed by atoms with Crippen molar-refractivity contribution in [3.63, 3.8) is 0 Å². The molecule has 0 aliphatic carbocycles. The molecule has 14 heavy (non-hydrogen) atoms. The monoisotopic (exact) mass is 207 g/mol. The van der Waals surface area contributed by atoms with Gasteiger partial charge in [0.15, 0.2) is 0 Å². The first-order chi connectivity index (χ1) is 6.75. The number of carbonyl (C=O) groups is 2. The molecule has 1 amide bonds. The van der Waals surface area contributed by atoms with E-state index in [9.17, 15) is 9.59 Å². The van der Waals surface area contributed by atoms with E-state index in [-0.39, 0.29) is 0 Å². The highest BCUT2D eigenvalue weighted by Crippen LogP contribution is 2.29. The van der Waals surface area contributed by atoms with Crippen LogP contribution in [0.5, 0.6) is 0 Å². The summed E-state index contributed by atoms with van der Waals surface area (Å²) < 4.78 is 0. The summed E-state index contributed by atoms with van der Waals surface area (Å²) in [6.07, 6.45) is 1.90. The number of amides is 1. The second-order valence-corrected chi connectivity index (χ2v) is 3.83. The van der Waals surface area contributed by atoms with Crippen LogP contribution < -0.4 is 4.90 Å². The van der Waals surface area contributed by atoms with Gasteiger partial charge in [-0.25, -0.2) is 0 Å². The summed E-state index contributed by atoms with van der Waals surface area (Å²) in [4.78, 5) is 24.5. The first-order valence-electron chi connectivity index (χ1n) is 4.20. The molecule has 0 aromatic heterocycles. The molecule has 3 nitrogen and oxygen atoms in total. The molecule has 0 N–H and O–H groups in total. The summed E-state index contributed by atoms with van der Waals surface area (Å²) in [5, 5.41) is 0. The van der Waals surface area contributed by atoms with E-state index in [1.54, 1.807) is 18.2 Å². The zero-order chi connectivity index (χ0) is 10.1. The molecular formula is C10H9NO2S. The zero-order valence-electron chi connectivity index (χ0n) is 7.69. The van der Waals surface area contributed by atoms with E-state index in [2.05, 4.69) is 0 Å². The minimum Gasteiger partial charge on any atom is -0.295 e. The molecule has 0 bridgehead atoms. The maximum Gasteiger partial charge on any atom is 0.300 e. The lowest BCUT2D eigenvalue weighted by Gasteiger charge is -2.13. The summed E-state index contributed by atoms with van der Waals surface area (Å²) in [6.45, 7) is 0. The van der Waals surface area contributed by atoms with Crippen LogP contribution in [0.25, 0.3) is 0 Å². The molecule has 1 aliphatic heterocycles. The van der Waals surface area contributed by atoms with Crippen molar-refractivity contribution in [2.45, 2.75) is 0 Å². The molecule has 1 aromatic rings. The summed E-state index contributed by atoms with van der Waals surface area (Å²) >= 11 is 1.52. The molecule has 1 heterocycles. The molecule has 0 saturated heterocycles. The molecule has 4 heteroatoms. The first-order valence-corrected chi connectivity index (χ1v) is 5.59. The van der Waals surface area contributed by atoms with Crippen LogP contribution in [0.1, 0.15) is 10.4 Å². The van der Waals surface area contributed by atoms with E-state index in [1.165, 1.54) is 16.7 Å². The zero-order valence-corrected chi connectivity index (χ0v) is 8.50. The Morgan fingerprint density at radius 3 is 2.71 bits per heavy atom. The SMILES string of the molecule is CSCN1C(=O)C(=O)c2ccccc21. The highest BCUT2D eigenvalue weighted by atomic mass is 32.2. The molecule has 0 fully saturated rings. The summed E-state index contributed by atoms with van der Waals surface area (Å²) in [5.41, 5.74) is 1.25. The molecule has 2 rings (SSSR count). The van der Waals surface area contributed by atoms with Crippen molar-refractivity contribution in [2.75, 3.05) is 17.0 Å². The van der Waals surface area contributed by atoms with Gasteiger partial charge in [0.1, 0.15) is 0 Å². The van der Waals surface area contributed by atoms with Crippen LogP contribution in [0.15, 0.2) is 24.3 Å². The fourth-order valence-corrected chi connectivity index (χ4v) is 2.02. The smallest absolute Gasteiger partial charge is 0.295 e. The van der Waals surface area contributed by atoms with Gasteiger partial charge in [0.2, 0.25) is 0 Å². The van der Waals surface area contributed by atoms with Crippen LogP contribution in [-0.4, -0.2) is 23.8 Å². The normalized spacial score (nSPS) is 14.8. The Labute approximate surface area is 86.1 Å². The lowest BCUT2D eigenvalue weighted by atomic mass is 10.1. The number of hydrogen-bond acceptors (Lipinski definition) is 3. The van der Waals surface area contributed by atoms with Crippen molar-refractivity contribution in [2.24, 2.45) is 0 Å². The van der Waals surface area contributed by atoms with Gasteiger partial charge in [-0.05, 0) is 18.4 Å². The highest BCUT2D eigenvalue weighted by Gasteiger charge is 2.34. The van der Waals surface area contributed by atoms with E-state index in [0.29, 0.717) is 11.4 Å². The Morgan fingerprint density at radius 1 is 1.29 bits per heavy atom. The minimum atomic E-state index is -0.416. The fourth-order valence-electron chi connectivity index (χ4n) is 1.51. The quantitative estimate of drug-likeness (QED) is 0.690. The van der Waals surface area contributed by atoms with Gasteiger partial charge in [0, 0.05) is 0 Å². The number of carbonyl (C=O) groups excluding carboxylic acids is 2. The van der Waals surface area contributed by atoms with Crippen LogP contribution in [-0.2, 0) is 4.79 Å². The van der Waals surface area contributed by atoms with Crippen molar-refractivity contribution >= 4 is 29.1 Å². The van der Waals surface area contributed by atoms with E-state index in [1.807, 2.05) is 12.3 Å². The van der Waals surface area contributed by atoms with E-state index < -0.39 is 11.7 Å². The van der Waals surface area contributed by atoms with Crippen molar-refractivity contribution in [1.82, 2.24) is 0 Å². The third-order valence-electron chi connectivity index (χ3n) is 2.14. The fraction of sp³-hybridized carbons (Fsp3) is 0.200. The average Bonchev–Trinajstić information content (AvgIpc) is 2.45. The van der Waals surface area contributed by atoms with E-state index in [4.69, 9.17) is 0 Å². The van der Waals surface area contributed by atoms with Gasteiger partial charge in [-0.1, -0.05) is 12.1 Å². The predicted molar refractivity (Wildman–Crippen MR) is 56.6 cm³/mol. The second-order valence-electron chi connectivity index (χ2n) is 3.00. The first kappa shape index (κ1) is 9.27. The summed E-state index contributed by atoms with van der Waals surface area (Å²) in [5.74, 6) is -0.281. The maximum atomic E-state index is 11.5. The lowest BCUT2D eigenvalue weighted by Crippen LogP contribution is -2.29. The molecule has 72 valence electrons. The Balaban J connectivity index is 2.48. The van der Waals surface area contributed by atoms with Crippen molar-refractivity contribution in [3.05, 3.63) is 29.8 Å². The number of thioether (sulfide) groups is 1. The van der Waals surface area contributed by atoms with Gasteiger partial charge in [-0.15, -0.1) is 11.8 Å². The standard InChI is InChI=1S/C10H9NO2S/c1-14-6-11-8-5-3-2-4-7(8)9(12)10(11)13/h2-5H,6H2,1H3. The third kappa shape index (κ3) is 1.23. The Bertz CT molecular complexity index is 403. The van der Waals surface area contributed by atoms with Gasteiger partial charge in [-0.3, -0.25) is 14.5 Å². The van der Waals surface area contributed by atoms with Gasteiger partial charge in [-0.2, -0.15) is 0 Å². The number of Topliss-reactive ketones (excluding diaryl/α,β-unsaturated/α-hetero) is 1. The number of fused-ring (bicyclic) bond motifs is 1. The predicted octanol–water partition coefficient (Wildman–Crippen LogP) is 1.54. The second kappa shape index (κ2) is 3.46. The van der Waals surface area contributed by atoms with Gasteiger partial charge in [0.05, 0.1) is 17.1 Å². The molecular weight excluding hydrogens is 198 g/mol. The average molecular weight is 207 g/mol. The lowest BCUT2D eigenvalue weighted by molar-refractivity contribution is -0.114. The highest BCUT2D eigenvalue weighted by molar-refractivity contribution is 7.98. The van der Waals surface area contributed by atoms with Gasteiger partial charge < -0.3 is 0 Å². The molecule has 1 aliphatic rings. The largest absolute Gasteiger partial charge is 0.300 e. The Morgan fingerprint density at radius 2 is 2.00 bits per heavy atom. The number of hydrogen-bond donors (Lipinski definition) is 0. The number of rotatable bonds is 2. The van der Waals surface area contributed by atoms with Gasteiger partial charge >= 0.3 is 0 Å². The molecule has 0 radical (unpaired) electrons. The summed E-state index contributed by atoms with van der Waals surface area (Å²) in [7, 11) is 0. The Kier molecular flexibility index (Phi) is 2.29. The number of benzene rings is 1. The van der Waals surface area contributed by atoms with Crippen molar-refractivity contribution < 1.29 is 9.59 Å². The number of nitrogens with zero attached hydrogens (tertiary/aromatic N) is 1. The molecule has 1 aromatic carbocycles. The van der Waals surface area contributed by atoms with Crippen LogP contribution in [0.4, 0.5) is 5.69 Å². The van der Waals surface area contributed by atoms with Crippen LogP contribution >= 0.6 is 11.8 Å². The minimum absolute atomic E-state index is 0.394. The number of para-hydroxylation sites is 1. The van der Waals surface area contributed by atoms with E-state index in [0.717, 1.165) is 5.69 Å². The van der Waals surface area contributed by atoms with Crippen molar-refractivity contribution in [1.29, 1.82) is 0 Å². The number of anilines is 1. The Hall–Kier alpha value is -1.29. The van der Waals surface area contributed by atoms with Gasteiger partial charge in [0.25, 0.3) is 11.7 Å². The van der Waals surface area contributed by atoms with Crippen LogP contribution in [0.3, 0.4) is 0 Å². The van der Waals surface area contributed by atoms with Crippen LogP contribution in [0.2, 0.25) is 0 Å². The number of ketones is 1. The molecule has 0 unspecified atom stereocenters. The van der Waals surface area contributed by atoms with Crippen LogP contribution in [0, 0.1) is 0 Å². The summed E-state index contributed by atoms with van der Waals surface area (Å²) in [6, 6.07) is 7.09. The van der Waals surface area contributed by atoms with E-state index >= 15 is 0 Å². The van der Waals surface area contributed by atoms with Crippen molar-refractivity contribution in [3.8, 4) is 0 Å². The third-order valence-corrected chi connectivity index (χ3v) is 2.65. The molecule has 0 spiro atoms. The molecule has 0 saturated carbocycles. The maximum absolute atomic E-state index is 11.5. The topological polar surface area (TPSA) is 37.4 Å².